The van der Waals surface area contributed by atoms with Gasteiger partial charge in [0.2, 0.25) is 0 Å². The van der Waals surface area contributed by atoms with Gasteiger partial charge in [0.25, 0.3) is 5.56 Å². The van der Waals surface area contributed by atoms with E-state index >= 15 is 0 Å². The highest BCUT2D eigenvalue weighted by molar-refractivity contribution is 5.68. The number of aromatic nitrogens is 2. The highest BCUT2D eigenvalue weighted by Crippen LogP contribution is 2.33. The van der Waals surface area contributed by atoms with Crippen molar-refractivity contribution >= 4 is 11.9 Å². The number of rotatable bonds is 2. The zero-order chi connectivity index (χ0) is 18.7. The van der Waals surface area contributed by atoms with Gasteiger partial charge in [0.05, 0.1) is 6.33 Å². The van der Waals surface area contributed by atoms with Crippen molar-refractivity contribution in [2.24, 2.45) is 11.8 Å². The summed E-state index contributed by atoms with van der Waals surface area (Å²) in [5.41, 5.74) is -0.542. The summed E-state index contributed by atoms with van der Waals surface area (Å²) in [6.45, 7) is 9.16. The van der Waals surface area contributed by atoms with Crippen LogP contribution in [0.5, 0.6) is 0 Å². The summed E-state index contributed by atoms with van der Waals surface area (Å²) in [6.07, 6.45) is 5.61. The summed E-state index contributed by atoms with van der Waals surface area (Å²) >= 11 is 0. The highest BCUT2D eigenvalue weighted by Gasteiger charge is 2.32. The van der Waals surface area contributed by atoms with Crippen LogP contribution in [0.4, 0.5) is 10.6 Å². The fourth-order valence-corrected chi connectivity index (χ4v) is 4.01. The van der Waals surface area contributed by atoms with Gasteiger partial charge in [-0.05, 0) is 58.3 Å². The molecule has 0 aliphatic carbocycles. The molecule has 2 fully saturated rings. The molecule has 0 atom stereocenters. The van der Waals surface area contributed by atoms with E-state index in [4.69, 9.17) is 4.74 Å². The molecular formula is C19H30N4O3. The van der Waals surface area contributed by atoms with Crippen molar-refractivity contribution in [1.82, 2.24) is 14.9 Å². The second-order valence-electron chi connectivity index (χ2n) is 8.40. The van der Waals surface area contributed by atoms with Crippen LogP contribution in [0.15, 0.2) is 17.2 Å². The Labute approximate surface area is 154 Å². The van der Waals surface area contributed by atoms with Crippen molar-refractivity contribution in [1.29, 1.82) is 0 Å². The van der Waals surface area contributed by atoms with Gasteiger partial charge in [0.1, 0.15) is 11.4 Å². The molecule has 26 heavy (non-hydrogen) atoms. The fourth-order valence-electron chi connectivity index (χ4n) is 4.01. The quantitative estimate of drug-likeness (QED) is 0.875. The molecule has 0 radical (unpaired) electrons. The minimum Gasteiger partial charge on any atom is -0.444 e. The van der Waals surface area contributed by atoms with Crippen molar-refractivity contribution < 1.29 is 9.53 Å². The average molecular weight is 362 g/mol. The van der Waals surface area contributed by atoms with E-state index < -0.39 is 5.60 Å². The lowest BCUT2D eigenvalue weighted by atomic mass is 9.79. The molecular weight excluding hydrogens is 332 g/mol. The van der Waals surface area contributed by atoms with Crippen LogP contribution in [0.2, 0.25) is 0 Å². The highest BCUT2D eigenvalue weighted by atomic mass is 16.6. The maximum absolute atomic E-state index is 12.2. The lowest BCUT2D eigenvalue weighted by Crippen LogP contribution is -2.44. The van der Waals surface area contributed by atoms with E-state index in [0.717, 1.165) is 57.7 Å². The van der Waals surface area contributed by atoms with Gasteiger partial charge in [0, 0.05) is 32.2 Å². The van der Waals surface area contributed by atoms with Gasteiger partial charge >= 0.3 is 6.09 Å². The lowest BCUT2D eigenvalue weighted by Gasteiger charge is -2.40. The van der Waals surface area contributed by atoms with E-state index in [0.29, 0.717) is 11.8 Å². The van der Waals surface area contributed by atoms with Crippen LogP contribution >= 0.6 is 0 Å². The number of anilines is 1. The number of H-pyrrole nitrogens is 1. The normalized spacial score (nSPS) is 20.3. The van der Waals surface area contributed by atoms with Gasteiger partial charge in [-0.3, -0.25) is 4.79 Å². The molecule has 2 aliphatic heterocycles. The monoisotopic (exact) mass is 362 g/mol. The minimum absolute atomic E-state index is 0.105. The average Bonchev–Trinajstić information content (AvgIpc) is 2.61. The van der Waals surface area contributed by atoms with Crippen molar-refractivity contribution in [3.05, 3.63) is 22.7 Å². The number of amides is 1. The molecule has 0 saturated carbocycles. The van der Waals surface area contributed by atoms with Crippen molar-refractivity contribution in [2.45, 2.75) is 52.1 Å². The third kappa shape index (κ3) is 4.77. The zero-order valence-corrected chi connectivity index (χ0v) is 16.0. The molecule has 2 saturated heterocycles. The Morgan fingerprint density at radius 2 is 1.69 bits per heavy atom. The van der Waals surface area contributed by atoms with Gasteiger partial charge in [0.15, 0.2) is 0 Å². The molecule has 0 aromatic carbocycles. The summed E-state index contributed by atoms with van der Waals surface area (Å²) in [5.74, 6) is 2.13. The Bertz CT molecular complexity index is 666. The van der Waals surface area contributed by atoms with E-state index in [-0.39, 0.29) is 11.7 Å². The number of aromatic amines is 1. The van der Waals surface area contributed by atoms with Crippen LogP contribution < -0.4 is 10.5 Å². The molecule has 144 valence electrons. The molecule has 1 amide bonds. The maximum Gasteiger partial charge on any atom is 0.410 e. The standard InChI is InChI=1S/C19H30N4O3/c1-19(2,3)26-18(25)23-10-6-15(7-11-23)14-4-8-22(9-5-14)16-12-17(24)21-13-20-16/h12-15H,4-11H2,1-3H3,(H,20,21,24). The van der Waals surface area contributed by atoms with Gasteiger partial charge in [-0.2, -0.15) is 0 Å². The number of hydrogen-bond donors (Lipinski definition) is 1. The SMILES string of the molecule is CC(C)(C)OC(=O)N1CCC(C2CCN(c3cc(=O)[nH]cn3)CC2)CC1. The summed E-state index contributed by atoms with van der Waals surface area (Å²) in [6, 6.07) is 1.57. The van der Waals surface area contributed by atoms with Crippen LogP contribution in [0.3, 0.4) is 0 Å². The van der Waals surface area contributed by atoms with E-state index in [1.165, 1.54) is 6.33 Å². The topological polar surface area (TPSA) is 78.5 Å². The molecule has 7 nitrogen and oxygen atoms in total. The van der Waals surface area contributed by atoms with Crippen LogP contribution in [0.1, 0.15) is 46.5 Å². The maximum atomic E-state index is 12.2. The number of carbonyl (C=O) groups is 1. The number of ether oxygens (including phenoxy) is 1. The van der Waals surface area contributed by atoms with Crippen LogP contribution in [-0.2, 0) is 4.74 Å². The lowest BCUT2D eigenvalue weighted by molar-refractivity contribution is 0.0152. The molecule has 1 aromatic rings. The van der Waals surface area contributed by atoms with Crippen LogP contribution in [0, 0.1) is 11.8 Å². The summed E-state index contributed by atoms with van der Waals surface area (Å²) in [7, 11) is 0. The first-order valence-electron chi connectivity index (χ1n) is 9.59. The number of hydrogen-bond acceptors (Lipinski definition) is 5. The van der Waals surface area contributed by atoms with Gasteiger partial charge < -0.3 is 19.5 Å². The van der Waals surface area contributed by atoms with Crippen LogP contribution in [0.25, 0.3) is 0 Å². The molecule has 0 bridgehead atoms. The smallest absolute Gasteiger partial charge is 0.410 e. The molecule has 1 N–H and O–H groups in total. The Kier molecular flexibility index (Phi) is 5.53. The van der Waals surface area contributed by atoms with Gasteiger partial charge in [-0.1, -0.05) is 0 Å². The van der Waals surface area contributed by atoms with Gasteiger partial charge in [-0.15, -0.1) is 0 Å². The molecule has 3 rings (SSSR count). The third-order valence-corrected chi connectivity index (χ3v) is 5.39. The molecule has 2 aliphatic rings. The Morgan fingerprint density at radius 1 is 1.12 bits per heavy atom. The number of likely N-dealkylation sites (tertiary alicyclic amines) is 1. The summed E-state index contributed by atoms with van der Waals surface area (Å²) < 4.78 is 5.48. The van der Waals surface area contributed by atoms with Crippen molar-refractivity contribution in [2.75, 3.05) is 31.1 Å². The molecule has 0 unspecified atom stereocenters. The van der Waals surface area contributed by atoms with E-state index in [1.54, 1.807) is 6.07 Å². The number of nitrogens with zero attached hydrogens (tertiary/aromatic N) is 3. The molecule has 7 heteroatoms. The summed E-state index contributed by atoms with van der Waals surface area (Å²) in [5, 5.41) is 0. The predicted octanol–water partition coefficient (Wildman–Crippen LogP) is 2.63. The Hall–Kier alpha value is -2.05. The number of nitrogens with one attached hydrogen (secondary N) is 1. The van der Waals surface area contributed by atoms with E-state index in [9.17, 15) is 9.59 Å². The van der Waals surface area contributed by atoms with E-state index in [2.05, 4.69) is 14.9 Å². The van der Waals surface area contributed by atoms with Crippen molar-refractivity contribution in [3.63, 3.8) is 0 Å². The first-order valence-corrected chi connectivity index (χ1v) is 9.59. The minimum atomic E-state index is -0.437. The zero-order valence-electron chi connectivity index (χ0n) is 16.0. The van der Waals surface area contributed by atoms with E-state index in [1.807, 2.05) is 25.7 Å². The Balaban J connectivity index is 1.46. The first kappa shape index (κ1) is 18.7. The number of piperidine rings is 2. The second kappa shape index (κ2) is 7.68. The first-order chi connectivity index (χ1) is 12.3. The number of carbonyl (C=O) groups excluding carboxylic acids is 1. The van der Waals surface area contributed by atoms with Crippen molar-refractivity contribution in [3.8, 4) is 0 Å². The predicted molar refractivity (Wildman–Crippen MR) is 100 cm³/mol. The third-order valence-electron chi connectivity index (χ3n) is 5.39. The molecule has 1 aromatic heterocycles. The second-order valence-corrected chi connectivity index (χ2v) is 8.40. The fraction of sp³-hybridized carbons (Fsp3) is 0.737. The largest absolute Gasteiger partial charge is 0.444 e. The summed E-state index contributed by atoms with van der Waals surface area (Å²) in [4.78, 5) is 34.5. The Morgan fingerprint density at radius 3 is 2.23 bits per heavy atom. The van der Waals surface area contributed by atoms with Crippen LogP contribution in [-0.4, -0.2) is 52.7 Å². The molecule has 0 spiro atoms. The molecule has 3 heterocycles. The van der Waals surface area contributed by atoms with Gasteiger partial charge in [-0.25, -0.2) is 9.78 Å².